The SMILES string of the molecule is CCN(CC)S(=O)(=O)c1ccc(SCc2c(Cl)ccc3cccnc23)nc1. The Bertz CT molecular complexity index is 1040. The second-order valence-corrected chi connectivity index (χ2v) is 9.15. The fourth-order valence-electron chi connectivity index (χ4n) is 2.78. The monoisotopic (exact) mass is 421 g/mol. The molecule has 0 unspecified atom stereocenters. The van der Waals surface area contributed by atoms with Crippen LogP contribution in [-0.4, -0.2) is 35.8 Å². The van der Waals surface area contributed by atoms with E-state index < -0.39 is 10.0 Å². The third-order valence-corrected chi connectivity index (χ3v) is 7.60. The highest BCUT2D eigenvalue weighted by atomic mass is 35.5. The van der Waals surface area contributed by atoms with E-state index in [1.54, 1.807) is 18.3 Å². The first-order valence-electron chi connectivity index (χ1n) is 8.58. The van der Waals surface area contributed by atoms with E-state index in [4.69, 9.17) is 11.6 Å². The molecule has 8 heteroatoms. The molecular formula is C19H20ClN3O2S2. The van der Waals surface area contributed by atoms with Crippen LogP contribution in [0.1, 0.15) is 19.4 Å². The zero-order valence-electron chi connectivity index (χ0n) is 15.1. The van der Waals surface area contributed by atoms with Crippen molar-refractivity contribution in [2.45, 2.75) is 29.5 Å². The molecule has 0 saturated heterocycles. The number of hydrogen-bond donors (Lipinski definition) is 0. The van der Waals surface area contributed by atoms with E-state index in [-0.39, 0.29) is 4.90 Å². The van der Waals surface area contributed by atoms with Crippen LogP contribution in [0, 0.1) is 0 Å². The Morgan fingerprint density at radius 1 is 1.07 bits per heavy atom. The summed E-state index contributed by atoms with van der Waals surface area (Å²) >= 11 is 7.86. The molecule has 27 heavy (non-hydrogen) atoms. The summed E-state index contributed by atoms with van der Waals surface area (Å²) in [5.74, 6) is 0.600. The standard InChI is InChI=1S/C19H20ClN3O2S2/c1-3-23(4-2)27(24,25)15-8-10-18(22-12-15)26-13-16-17(20)9-7-14-6-5-11-21-19(14)16/h5-12H,3-4,13H2,1-2H3. The Morgan fingerprint density at radius 2 is 1.85 bits per heavy atom. The fourth-order valence-corrected chi connectivity index (χ4v) is 5.36. The topological polar surface area (TPSA) is 63.2 Å². The van der Waals surface area contributed by atoms with Crippen LogP contribution in [0.4, 0.5) is 0 Å². The molecule has 3 rings (SSSR count). The van der Waals surface area contributed by atoms with Crippen molar-refractivity contribution in [2.24, 2.45) is 0 Å². The van der Waals surface area contributed by atoms with Gasteiger partial charge in [-0.1, -0.05) is 37.6 Å². The molecule has 0 N–H and O–H groups in total. The maximum atomic E-state index is 12.5. The summed E-state index contributed by atoms with van der Waals surface area (Å²) in [7, 11) is -3.49. The number of hydrogen-bond acceptors (Lipinski definition) is 5. The summed E-state index contributed by atoms with van der Waals surface area (Å²) in [4.78, 5) is 8.96. The van der Waals surface area contributed by atoms with Crippen LogP contribution < -0.4 is 0 Å². The fraction of sp³-hybridized carbons (Fsp3) is 0.263. The van der Waals surface area contributed by atoms with E-state index in [0.717, 1.165) is 21.5 Å². The number of benzene rings is 1. The summed E-state index contributed by atoms with van der Waals surface area (Å²) in [5, 5.41) is 2.43. The average molecular weight is 422 g/mol. The van der Waals surface area contributed by atoms with Gasteiger partial charge in [0, 0.05) is 47.2 Å². The van der Waals surface area contributed by atoms with Gasteiger partial charge in [-0.2, -0.15) is 4.31 Å². The first kappa shape index (κ1) is 20.1. The lowest BCUT2D eigenvalue weighted by molar-refractivity contribution is 0.445. The highest BCUT2D eigenvalue weighted by Gasteiger charge is 2.21. The average Bonchev–Trinajstić information content (AvgIpc) is 2.68. The Balaban J connectivity index is 1.80. The highest BCUT2D eigenvalue weighted by Crippen LogP contribution is 2.31. The number of rotatable bonds is 7. The minimum Gasteiger partial charge on any atom is -0.256 e. The van der Waals surface area contributed by atoms with E-state index in [1.165, 1.54) is 22.3 Å². The number of thioether (sulfide) groups is 1. The zero-order chi connectivity index (χ0) is 19.4. The molecular weight excluding hydrogens is 402 g/mol. The molecule has 0 atom stereocenters. The van der Waals surface area contributed by atoms with E-state index >= 15 is 0 Å². The van der Waals surface area contributed by atoms with Crippen LogP contribution in [0.25, 0.3) is 10.9 Å². The number of halogens is 1. The normalized spacial score (nSPS) is 12.0. The highest BCUT2D eigenvalue weighted by molar-refractivity contribution is 7.98. The number of aromatic nitrogens is 2. The lowest BCUT2D eigenvalue weighted by Crippen LogP contribution is -2.30. The van der Waals surface area contributed by atoms with Gasteiger partial charge in [0.25, 0.3) is 0 Å². The molecule has 0 saturated carbocycles. The van der Waals surface area contributed by atoms with Crippen molar-refractivity contribution >= 4 is 44.3 Å². The van der Waals surface area contributed by atoms with Gasteiger partial charge in [-0.15, -0.1) is 11.8 Å². The smallest absolute Gasteiger partial charge is 0.244 e. The van der Waals surface area contributed by atoms with Crippen molar-refractivity contribution in [3.63, 3.8) is 0 Å². The molecule has 0 bridgehead atoms. The van der Waals surface area contributed by atoms with Crippen molar-refractivity contribution in [1.82, 2.24) is 14.3 Å². The molecule has 0 spiro atoms. The lowest BCUT2D eigenvalue weighted by Gasteiger charge is -2.18. The minimum atomic E-state index is -3.49. The number of sulfonamides is 1. The molecule has 0 radical (unpaired) electrons. The van der Waals surface area contributed by atoms with E-state index in [0.29, 0.717) is 23.9 Å². The summed E-state index contributed by atoms with van der Waals surface area (Å²) in [6.45, 7) is 4.51. The predicted octanol–water partition coefficient (Wildman–Crippen LogP) is 4.61. The van der Waals surface area contributed by atoms with Crippen molar-refractivity contribution in [3.05, 3.63) is 59.4 Å². The molecule has 0 aliphatic heterocycles. The van der Waals surface area contributed by atoms with Crippen molar-refractivity contribution in [3.8, 4) is 0 Å². The molecule has 0 aliphatic rings. The third kappa shape index (κ3) is 4.27. The van der Waals surface area contributed by atoms with Crippen molar-refractivity contribution in [2.75, 3.05) is 13.1 Å². The van der Waals surface area contributed by atoms with Gasteiger partial charge in [0.15, 0.2) is 0 Å². The maximum Gasteiger partial charge on any atom is 0.244 e. The van der Waals surface area contributed by atoms with Gasteiger partial charge < -0.3 is 0 Å². The van der Waals surface area contributed by atoms with Gasteiger partial charge in [-0.3, -0.25) is 4.98 Å². The Kier molecular flexibility index (Phi) is 6.37. The molecule has 5 nitrogen and oxygen atoms in total. The summed E-state index contributed by atoms with van der Waals surface area (Å²) < 4.78 is 26.5. The van der Waals surface area contributed by atoms with Crippen LogP contribution in [0.3, 0.4) is 0 Å². The molecule has 0 amide bonds. The summed E-state index contributed by atoms with van der Waals surface area (Å²) in [5.41, 5.74) is 1.82. The van der Waals surface area contributed by atoms with Crippen LogP contribution >= 0.6 is 23.4 Å². The van der Waals surface area contributed by atoms with Crippen molar-refractivity contribution < 1.29 is 8.42 Å². The van der Waals surface area contributed by atoms with E-state index in [1.807, 2.05) is 38.1 Å². The van der Waals surface area contributed by atoms with Crippen LogP contribution in [-0.2, 0) is 15.8 Å². The van der Waals surface area contributed by atoms with Crippen LogP contribution in [0.2, 0.25) is 5.02 Å². The van der Waals surface area contributed by atoms with Gasteiger partial charge in [-0.25, -0.2) is 13.4 Å². The Hall–Kier alpha value is -1.67. The minimum absolute atomic E-state index is 0.209. The first-order chi connectivity index (χ1) is 13.0. The van der Waals surface area contributed by atoms with Gasteiger partial charge >= 0.3 is 0 Å². The molecule has 0 aliphatic carbocycles. The molecule has 2 heterocycles. The Morgan fingerprint density at radius 3 is 2.52 bits per heavy atom. The summed E-state index contributed by atoms with van der Waals surface area (Å²) in [6, 6.07) is 11.0. The predicted molar refractivity (Wildman–Crippen MR) is 111 cm³/mol. The molecule has 3 aromatic rings. The number of nitrogens with zero attached hydrogens (tertiary/aromatic N) is 3. The van der Waals surface area contributed by atoms with Crippen LogP contribution in [0.5, 0.6) is 0 Å². The van der Waals surface area contributed by atoms with E-state index in [9.17, 15) is 8.42 Å². The Labute approximate surface area is 168 Å². The van der Waals surface area contributed by atoms with Crippen LogP contribution in [0.15, 0.2) is 58.7 Å². The molecule has 2 aromatic heterocycles. The zero-order valence-corrected chi connectivity index (χ0v) is 17.5. The van der Waals surface area contributed by atoms with Gasteiger partial charge in [-0.05, 0) is 24.3 Å². The lowest BCUT2D eigenvalue weighted by atomic mass is 10.1. The van der Waals surface area contributed by atoms with Gasteiger partial charge in [0.05, 0.1) is 10.5 Å². The largest absolute Gasteiger partial charge is 0.256 e. The second-order valence-electron chi connectivity index (χ2n) is 5.81. The van der Waals surface area contributed by atoms with E-state index in [2.05, 4.69) is 9.97 Å². The number of fused-ring (bicyclic) bond motifs is 1. The van der Waals surface area contributed by atoms with Crippen molar-refractivity contribution in [1.29, 1.82) is 0 Å². The molecule has 0 fully saturated rings. The maximum absolute atomic E-state index is 12.5. The number of pyridine rings is 2. The molecule has 142 valence electrons. The first-order valence-corrected chi connectivity index (χ1v) is 11.4. The van der Waals surface area contributed by atoms with Gasteiger partial charge in [0.2, 0.25) is 10.0 Å². The third-order valence-electron chi connectivity index (χ3n) is 4.24. The molecule has 1 aromatic carbocycles. The quantitative estimate of drug-likeness (QED) is 0.521. The summed E-state index contributed by atoms with van der Waals surface area (Å²) in [6.07, 6.45) is 3.16. The van der Waals surface area contributed by atoms with Gasteiger partial charge in [0.1, 0.15) is 4.90 Å². The second kappa shape index (κ2) is 8.56.